The number of hydrogen-bond donors (Lipinski definition) is 1. The second kappa shape index (κ2) is 7.74. The van der Waals surface area contributed by atoms with Gasteiger partial charge in [0.2, 0.25) is 0 Å². The lowest BCUT2D eigenvalue weighted by Crippen LogP contribution is -2.26. The summed E-state index contributed by atoms with van der Waals surface area (Å²) < 4.78 is 18.6. The zero-order valence-corrected chi connectivity index (χ0v) is 12.5. The fourth-order valence-corrected chi connectivity index (χ4v) is 2.16. The Hall–Kier alpha value is -1.94. The van der Waals surface area contributed by atoms with Crippen molar-refractivity contribution < 1.29 is 9.13 Å². The van der Waals surface area contributed by atoms with Gasteiger partial charge in [-0.15, -0.1) is 0 Å². The van der Waals surface area contributed by atoms with E-state index in [-0.39, 0.29) is 11.9 Å². The van der Waals surface area contributed by atoms with Crippen LogP contribution in [0.1, 0.15) is 30.6 Å². The molecule has 1 aromatic heterocycles. The highest BCUT2D eigenvalue weighted by molar-refractivity contribution is 5.27. The van der Waals surface area contributed by atoms with Gasteiger partial charge in [-0.1, -0.05) is 19.1 Å². The highest BCUT2D eigenvalue weighted by Crippen LogP contribution is 2.14. The molecule has 21 heavy (non-hydrogen) atoms. The summed E-state index contributed by atoms with van der Waals surface area (Å²) in [4.78, 5) is 4.12. The molecule has 0 spiro atoms. The van der Waals surface area contributed by atoms with Crippen molar-refractivity contribution in [3.63, 3.8) is 0 Å². The van der Waals surface area contributed by atoms with Gasteiger partial charge >= 0.3 is 0 Å². The topological polar surface area (TPSA) is 34.1 Å². The molecule has 0 fully saturated rings. The Bertz CT molecular complexity index is 557. The first kappa shape index (κ1) is 15.4. The van der Waals surface area contributed by atoms with Gasteiger partial charge in [-0.3, -0.25) is 4.98 Å². The maximum absolute atomic E-state index is 12.9. The van der Waals surface area contributed by atoms with Crippen molar-refractivity contribution in [3.8, 4) is 5.75 Å². The zero-order chi connectivity index (χ0) is 15.1. The molecule has 2 rings (SSSR count). The van der Waals surface area contributed by atoms with Gasteiger partial charge in [-0.05, 0) is 43.2 Å². The number of benzene rings is 1. The number of hydrogen-bond acceptors (Lipinski definition) is 3. The van der Waals surface area contributed by atoms with E-state index >= 15 is 0 Å². The Morgan fingerprint density at radius 3 is 2.81 bits per heavy atom. The predicted molar refractivity (Wildman–Crippen MR) is 81.9 cm³/mol. The monoisotopic (exact) mass is 288 g/mol. The Morgan fingerprint density at radius 2 is 2.14 bits per heavy atom. The molecule has 0 radical (unpaired) electrons. The molecule has 1 atom stereocenters. The molecule has 0 bridgehead atoms. The van der Waals surface area contributed by atoms with Crippen molar-refractivity contribution in [1.82, 2.24) is 10.3 Å². The van der Waals surface area contributed by atoms with E-state index in [2.05, 4.69) is 17.2 Å². The molecule has 1 heterocycles. The normalized spacial score (nSPS) is 12.1. The first-order chi connectivity index (χ1) is 10.2. The Morgan fingerprint density at radius 1 is 1.29 bits per heavy atom. The highest BCUT2D eigenvalue weighted by atomic mass is 19.1. The number of nitrogens with zero attached hydrogens (tertiary/aromatic N) is 1. The fraction of sp³-hybridized carbons (Fsp3) is 0.353. The summed E-state index contributed by atoms with van der Waals surface area (Å²) >= 11 is 0. The standard InChI is InChI=1S/C17H21FN2O/c1-3-16(17-8-7-14(18)12-20-17)19-9-10-21-15-6-4-5-13(2)11-15/h4-8,11-12,16,19H,3,9-10H2,1-2H3. The van der Waals surface area contributed by atoms with Crippen molar-refractivity contribution in [2.75, 3.05) is 13.2 Å². The molecule has 0 saturated carbocycles. The maximum atomic E-state index is 12.9. The fourth-order valence-electron chi connectivity index (χ4n) is 2.16. The van der Waals surface area contributed by atoms with E-state index in [9.17, 15) is 4.39 Å². The Kier molecular flexibility index (Phi) is 5.69. The van der Waals surface area contributed by atoms with E-state index in [1.165, 1.54) is 17.8 Å². The van der Waals surface area contributed by atoms with Crippen molar-refractivity contribution in [2.24, 2.45) is 0 Å². The van der Waals surface area contributed by atoms with Crippen LogP contribution in [0, 0.1) is 12.7 Å². The second-order valence-electron chi connectivity index (χ2n) is 4.98. The van der Waals surface area contributed by atoms with E-state index in [4.69, 9.17) is 4.74 Å². The SMILES string of the molecule is CCC(NCCOc1cccc(C)c1)c1ccc(F)cn1. The van der Waals surface area contributed by atoms with Crippen LogP contribution in [0.15, 0.2) is 42.6 Å². The summed E-state index contributed by atoms with van der Waals surface area (Å²) in [5, 5.41) is 3.38. The summed E-state index contributed by atoms with van der Waals surface area (Å²) in [7, 11) is 0. The summed E-state index contributed by atoms with van der Waals surface area (Å²) in [6.07, 6.45) is 2.14. The van der Waals surface area contributed by atoms with Gasteiger partial charge < -0.3 is 10.1 Å². The summed E-state index contributed by atoms with van der Waals surface area (Å²) in [6.45, 7) is 5.41. The van der Waals surface area contributed by atoms with Gasteiger partial charge in [0, 0.05) is 12.6 Å². The molecule has 0 aliphatic rings. The van der Waals surface area contributed by atoms with Gasteiger partial charge in [0.1, 0.15) is 18.2 Å². The van der Waals surface area contributed by atoms with E-state index < -0.39 is 0 Å². The predicted octanol–water partition coefficient (Wildman–Crippen LogP) is 3.65. The number of aryl methyl sites for hydroxylation is 1. The smallest absolute Gasteiger partial charge is 0.141 e. The molecule has 0 saturated heterocycles. The van der Waals surface area contributed by atoms with Gasteiger partial charge in [-0.2, -0.15) is 0 Å². The number of pyridine rings is 1. The average Bonchev–Trinajstić information content (AvgIpc) is 2.49. The molecule has 112 valence electrons. The summed E-state index contributed by atoms with van der Waals surface area (Å²) in [5.41, 5.74) is 2.04. The van der Waals surface area contributed by atoms with Crippen molar-refractivity contribution >= 4 is 0 Å². The largest absolute Gasteiger partial charge is 0.492 e. The molecule has 4 heteroatoms. The molecule has 1 N–H and O–H groups in total. The van der Waals surface area contributed by atoms with Crippen LogP contribution >= 0.6 is 0 Å². The lowest BCUT2D eigenvalue weighted by molar-refractivity contribution is 0.303. The third kappa shape index (κ3) is 4.83. The second-order valence-corrected chi connectivity index (χ2v) is 4.98. The number of nitrogens with one attached hydrogen (secondary N) is 1. The van der Waals surface area contributed by atoms with Gasteiger partial charge in [-0.25, -0.2) is 4.39 Å². The number of rotatable bonds is 7. The van der Waals surface area contributed by atoms with Crippen LogP contribution in [0.25, 0.3) is 0 Å². The van der Waals surface area contributed by atoms with E-state index in [0.29, 0.717) is 13.2 Å². The summed E-state index contributed by atoms with van der Waals surface area (Å²) in [6, 6.07) is 11.3. The lowest BCUT2D eigenvalue weighted by Gasteiger charge is -2.16. The van der Waals surface area contributed by atoms with Crippen molar-refractivity contribution in [3.05, 3.63) is 59.7 Å². The number of halogens is 1. The van der Waals surface area contributed by atoms with Crippen LogP contribution < -0.4 is 10.1 Å². The molecule has 1 aromatic carbocycles. The van der Waals surface area contributed by atoms with Crippen LogP contribution in [0.2, 0.25) is 0 Å². The highest BCUT2D eigenvalue weighted by Gasteiger charge is 2.09. The average molecular weight is 288 g/mol. The summed E-state index contributed by atoms with van der Waals surface area (Å²) in [5.74, 6) is 0.570. The third-order valence-corrected chi connectivity index (χ3v) is 3.27. The molecule has 0 amide bonds. The number of aromatic nitrogens is 1. The van der Waals surface area contributed by atoms with Gasteiger partial charge in [0.05, 0.1) is 11.9 Å². The maximum Gasteiger partial charge on any atom is 0.141 e. The first-order valence-electron chi connectivity index (χ1n) is 7.23. The van der Waals surface area contributed by atoms with E-state index in [0.717, 1.165) is 17.9 Å². The van der Waals surface area contributed by atoms with Crippen molar-refractivity contribution in [1.29, 1.82) is 0 Å². The van der Waals surface area contributed by atoms with Crippen LogP contribution in [-0.2, 0) is 0 Å². The van der Waals surface area contributed by atoms with E-state index in [1.54, 1.807) is 6.07 Å². The zero-order valence-electron chi connectivity index (χ0n) is 12.5. The molecule has 2 aromatic rings. The minimum absolute atomic E-state index is 0.117. The quantitative estimate of drug-likeness (QED) is 0.790. The van der Waals surface area contributed by atoms with E-state index in [1.807, 2.05) is 31.2 Å². The van der Waals surface area contributed by atoms with Crippen molar-refractivity contribution in [2.45, 2.75) is 26.3 Å². The Labute approximate surface area is 125 Å². The molecule has 1 unspecified atom stereocenters. The minimum atomic E-state index is -0.309. The molecule has 0 aliphatic heterocycles. The Balaban J connectivity index is 1.79. The lowest BCUT2D eigenvalue weighted by atomic mass is 10.1. The molecule has 3 nitrogen and oxygen atoms in total. The van der Waals surface area contributed by atoms with Crippen LogP contribution in [0.5, 0.6) is 5.75 Å². The van der Waals surface area contributed by atoms with Crippen LogP contribution in [-0.4, -0.2) is 18.1 Å². The minimum Gasteiger partial charge on any atom is -0.492 e. The van der Waals surface area contributed by atoms with Crippen LogP contribution in [0.3, 0.4) is 0 Å². The van der Waals surface area contributed by atoms with Gasteiger partial charge in [0.25, 0.3) is 0 Å². The van der Waals surface area contributed by atoms with Crippen LogP contribution in [0.4, 0.5) is 4.39 Å². The van der Waals surface area contributed by atoms with Gasteiger partial charge in [0.15, 0.2) is 0 Å². The number of ether oxygens (including phenoxy) is 1. The molecular weight excluding hydrogens is 267 g/mol. The first-order valence-corrected chi connectivity index (χ1v) is 7.23. The third-order valence-electron chi connectivity index (χ3n) is 3.27. The molecular formula is C17H21FN2O. The molecule has 0 aliphatic carbocycles.